The minimum atomic E-state index is -3.05. The van der Waals surface area contributed by atoms with Gasteiger partial charge < -0.3 is 5.32 Å². The van der Waals surface area contributed by atoms with E-state index < -0.39 is 14.6 Å². The molecular weight excluding hydrogens is 270 g/mol. The van der Waals surface area contributed by atoms with Crippen molar-refractivity contribution < 1.29 is 8.42 Å². The molecular formula is C16H25NO2S. The summed E-state index contributed by atoms with van der Waals surface area (Å²) in [4.78, 5) is 0. The molecule has 1 aromatic carbocycles. The molecule has 1 aromatic rings. The molecule has 1 atom stereocenters. The van der Waals surface area contributed by atoms with Gasteiger partial charge in [0.1, 0.15) is 0 Å². The third-order valence-electron chi connectivity index (χ3n) is 4.28. The predicted octanol–water partition coefficient (Wildman–Crippen LogP) is 2.86. The average Bonchev–Trinajstić information content (AvgIpc) is 3.14. The van der Waals surface area contributed by atoms with E-state index in [2.05, 4.69) is 36.5 Å². The number of aryl methyl sites for hydroxylation is 1. The summed E-state index contributed by atoms with van der Waals surface area (Å²) in [6.07, 6.45) is 3.77. The third kappa shape index (κ3) is 3.61. The molecule has 0 heterocycles. The van der Waals surface area contributed by atoms with Gasteiger partial charge in [0.15, 0.2) is 9.84 Å². The van der Waals surface area contributed by atoms with E-state index in [0.29, 0.717) is 12.5 Å². The zero-order chi connectivity index (χ0) is 15.0. The van der Waals surface area contributed by atoms with Crippen LogP contribution in [0.25, 0.3) is 0 Å². The Morgan fingerprint density at radius 3 is 2.25 bits per heavy atom. The van der Waals surface area contributed by atoms with Crippen molar-refractivity contribution in [2.75, 3.05) is 12.8 Å². The van der Waals surface area contributed by atoms with Gasteiger partial charge in [-0.05, 0) is 45.1 Å². The van der Waals surface area contributed by atoms with Crippen LogP contribution in [0.15, 0.2) is 24.3 Å². The molecule has 0 aromatic heterocycles. The number of benzene rings is 1. The molecule has 1 unspecified atom stereocenters. The Balaban J connectivity index is 2.10. The molecule has 1 N–H and O–H groups in total. The fourth-order valence-corrected chi connectivity index (χ4v) is 2.59. The van der Waals surface area contributed by atoms with Crippen LogP contribution < -0.4 is 5.32 Å². The highest BCUT2D eigenvalue weighted by Gasteiger charge is 2.35. The Morgan fingerprint density at radius 1 is 1.25 bits per heavy atom. The van der Waals surface area contributed by atoms with Gasteiger partial charge in [0.25, 0.3) is 0 Å². The molecule has 2 rings (SSSR count). The standard InChI is InChI=1S/C16H25NO2S/c1-12-5-7-13(8-6-12)15(14-9-10-14)17-11-16(2,3)20(4,18)19/h5-8,14-15,17H,9-11H2,1-4H3. The summed E-state index contributed by atoms with van der Waals surface area (Å²) in [6, 6.07) is 8.82. The van der Waals surface area contributed by atoms with E-state index in [1.165, 1.54) is 30.2 Å². The molecule has 1 aliphatic rings. The van der Waals surface area contributed by atoms with Gasteiger partial charge in [-0.2, -0.15) is 0 Å². The summed E-state index contributed by atoms with van der Waals surface area (Å²) in [6.45, 7) is 6.14. The van der Waals surface area contributed by atoms with Crippen molar-refractivity contribution >= 4 is 9.84 Å². The van der Waals surface area contributed by atoms with Gasteiger partial charge in [-0.15, -0.1) is 0 Å². The van der Waals surface area contributed by atoms with Crippen molar-refractivity contribution in [1.29, 1.82) is 0 Å². The van der Waals surface area contributed by atoms with Crippen LogP contribution in [0.4, 0.5) is 0 Å². The Hall–Kier alpha value is -0.870. The number of hydrogen-bond donors (Lipinski definition) is 1. The van der Waals surface area contributed by atoms with Crippen molar-refractivity contribution in [2.24, 2.45) is 5.92 Å². The molecule has 4 heteroatoms. The minimum Gasteiger partial charge on any atom is -0.308 e. The fraction of sp³-hybridized carbons (Fsp3) is 0.625. The molecule has 112 valence electrons. The molecule has 0 amide bonds. The monoisotopic (exact) mass is 295 g/mol. The predicted molar refractivity (Wildman–Crippen MR) is 83.6 cm³/mol. The van der Waals surface area contributed by atoms with Gasteiger partial charge in [-0.1, -0.05) is 29.8 Å². The lowest BCUT2D eigenvalue weighted by molar-refractivity contribution is 0.441. The quantitative estimate of drug-likeness (QED) is 0.878. The Labute approximate surface area is 122 Å². The highest BCUT2D eigenvalue weighted by Crippen LogP contribution is 2.41. The highest BCUT2D eigenvalue weighted by atomic mass is 32.2. The summed E-state index contributed by atoms with van der Waals surface area (Å²) in [5.41, 5.74) is 2.52. The van der Waals surface area contributed by atoms with Gasteiger partial charge >= 0.3 is 0 Å². The lowest BCUT2D eigenvalue weighted by Gasteiger charge is -2.27. The van der Waals surface area contributed by atoms with Gasteiger partial charge in [0.2, 0.25) is 0 Å². The maximum Gasteiger partial charge on any atom is 0.153 e. The summed E-state index contributed by atoms with van der Waals surface area (Å²) in [7, 11) is -3.05. The van der Waals surface area contributed by atoms with Crippen molar-refractivity contribution in [3.63, 3.8) is 0 Å². The highest BCUT2D eigenvalue weighted by molar-refractivity contribution is 7.92. The summed E-state index contributed by atoms with van der Waals surface area (Å²) in [5.74, 6) is 0.646. The van der Waals surface area contributed by atoms with Crippen molar-refractivity contribution in [3.05, 3.63) is 35.4 Å². The lowest BCUT2D eigenvalue weighted by Crippen LogP contribution is -2.43. The molecule has 1 saturated carbocycles. The Bertz CT molecular complexity index is 557. The van der Waals surface area contributed by atoms with E-state index in [1.807, 2.05) is 0 Å². The number of nitrogens with one attached hydrogen (secondary N) is 1. The second kappa shape index (κ2) is 5.49. The Kier molecular flexibility index (Phi) is 4.26. The molecule has 0 radical (unpaired) electrons. The third-order valence-corrected chi connectivity index (χ3v) is 6.43. The van der Waals surface area contributed by atoms with Crippen LogP contribution in [-0.4, -0.2) is 26.0 Å². The van der Waals surface area contributed by atoms with Gasteiger partial charge in [-0.3, -0.25) is 0 Å². The number of hydrogen-bond acceptors (Lipinski definition) is 3. The summed E-state index contributed by atoms with van der Waals surface area (Å²) in [5, 5.41) is 3.49. The first-order valence-corrected chi connectivity index (χ1v) is 9.09. The topological polar surface area (TPSA) is 46.2 Å². The SMILES string of the molecule is Cc1ccc(C(NCC(C)(C)S(C)(=O)=O)C2CC2)cc1. The van der Waals surface area contributed by atoms with Crippen LogP contribution in [0.1, 0.15) is 43.9 Å². The van der Waals surface area contributed by atoms with Crippen LogP contribution >= 0.6 is 0 Å². The van der Waals surface area contributed by atoms with E-state index in [4.69, 9.17) is 0 Å². The number of sulfone groups is 1. The first kappa shape index (κ1) is 15.5. The summed E-state index contributed by atoms with van der Waals surface area (Å²) >= 11 is 0. The van der Waals surface area contributed by atoms with Crippen molar-refractivity contribution in [3.8, 4) is 0 Å². The molecule has 20 heavy (non-hydrogen) atoms. The molecule has 0 spiro atoms. The van der Waals surface area contributed by atoms with Crippen LogP contribution in [0.3, 0.4) is 0 Å². The summed E-state index contributed by atoms with van der Waals surface area (Å²) < 4.78 is 22.9. The van der Waals surface area contributed by atoms with Gasteiger partial charge in [0, 0.05) is 18.8 Å². The molecule has 1 fully saturated rings. The first-order chi connectivity index (χ1) is 9.21. The van der Waals surface area contributed by atoms with E-state index in [1.54, 1.807) is 13.8 Å². The van der Waals surface area contributed by atoms with Crippen molar-refractivity contribution in [1.82, 2.24) is 5.32 Å². The second-order valence-corrected chi connectivity index (χ2v) is 9.29. The minimum absolute atomic E-state index is 0.275. The lowest BCUT2D eigenvalue weighted by atomic mass is 10.0. The number of rotatable bonds is 6. The van der Waals surface area contributed by atoms with E-state index >= 15 is 0 Å². The van der Waals surface area contributed by atoms with Crippen LogP contribution in [-0.2, 0) is 9.84 Å². The molecule has 0 bridgehead atoms. The van der Waals surface area contributed by atoms with Gasteiger partial charge in [0.05, 0.1) is 4.75 Å². The maximum absolute atomic E-state index is 11.8. The van der Waals surface area contributed by atoms with Gasteiger partial charge in [-0.25, -0.2) is 8.42 Å². The first-order valence-electron chi connectivity index (χ1n) is 7.20. The maximum atomic E-state index is 11.8. The largest absolute Gasteiger partial charge is 0.308 e. The molecule has 0 aliphatic heterocycles. The van der Waals surface area contributed by atoms with Crippen LogP contribution in [0, 0.1) is 12.8 Å². The van der Waals surface area contributed by atoms with E-state index in [-0.39, 0.29) is 6.04 Å². The van der Waals surface area contributed by atoms with Crippen molar-refractivity contribution in [2.45, 2.75) is 44.4 Å². The molecule has 1 aliphatic carbocycles. The van der Waals surface area contributed by atoms with E-state index in [0.717, 1.165) is 0 Å². The zero-order valence-electron chi connectivity index (χ0n) is 12.8. The van der Waals surface area contributed by atoms with Crippen LogP contribution in [0.5, 0.6) is 0 Å². The van der Waals surface area contributed by atoms with E-state index in [9.17, 15) is 8.42 Å². The van der Waals surface area contributed by atoms with Crippen LogP contribution in [0.2, 0.25) is 0 Å². The zero-order valence-corrected chi connectivity index (χ0v) is 13.6. The Morgan fingerprint density at radius 2 is 1.80 bits per heavy atom. The average molecular weight is 295 g/mol. The normalized spacial score (nSPS) is 18.0. The second-order valence-electron chi connectivity index (χ2n) is 6.64. The smallest absolute Gasteiger partial charge is 0.153 e. The molecule has 0 saturated heterocycles. The fourth-order valence-electron chi connectivity index (χ4n) is 2.25. The molecule has 3 nitrogen and oxygen atoms in total.